The van der Waals surface area contributed by atoms with Gasteiger partial charge >= 0.3 is 0 Å². The van der Waals surface area contributed by atoms with Gasteiger partial charge < -0.3 is 19.2 Å². The maximum absolute atomic E-state index is 13.0. The van der Waals surface area contributed by atoms with Crippen molar-refractivity contribution in [2.45, 2.75) is 12.5 Å². The minimum absolute atomic E-state index is 0.0397. The Morgan fingerprint density at radius 2 is 2.03 bits per heavy atom. The van der Waals surface area contributed by atoms with Crippen molar-refractivity contribution in [3.8, 4) is 0 Å². The van der Waals surface area contributed by atoms with Crippen LogP contribution in [-0.4, -0.2) is 71.0 Å². The molecule has 2 aromatic heterocycles. The Hall–Kier alpha value is -3.23. The molecular weight excluding hydrogens is 398 g/mol. The van der Waals surface area contributed by atoms with Crippen molar-refractivity contribution < 1.29 is 23.8 Å². The quantitative estimate of drug-likeness (QED) is 0.651. The molecule has 1 saturated heterocycles. The molecule has 1 amide bonds. The number of aromatic nitrogens is 1. The van der Waals surface area contributed by atoms with Crippen molar-refractivity contribution in [3.63, 3.8) is 0 Å². The van der Waals surface area contributed by atoms with Gasteiger partial charge in [0.25, 0.3) is 5.91 Å². The molecule has 0 radical (unpaired) electrons. The highest BCUT2D eigenvalue weighted by Gasteiger charge is 2.43. The van der Waals surface area contributed by atoms with E-state index in [2.05, 4.69) is 9.88 Å². The second-order valence-corrected chi connectivity index (χ2v) is 7.44. The van der Waals surface area contributed by atoms with E-state index in [4.69, 9.17) is 9.15 Å². The normalized spacial score (nSPS) is 20.2. The largest absolute Gasteiger partial charge is 0.503 e. The number of amides is 1. The van der Waals surface area contributed by atoms with Crippen LogP contribution in [0.2, 0.25) is 0 Å². The molecule has 0 unspecified atom stereocenters. The van der Waals surface area contributed by atoms with E-state index in [9.17, 15) is 14.7 Å². The number of morpholine rings is 1. The molecule has 4 heterocycles. The summed E-state index contributed by atoms with van der Waals surface area (Å²) in [5.74, 6) is -1.01. The van der Waals surface area contributed by atoms with Crippen LogP contribution in [-0.2, 0) is 14.3 Å². The fourth-order valence-corrected chi connectivity index (χ4v) is 3.90. The topological polar surface area (TPSA) is 96.1 Å². The first-order valence-corrected chi connectivity index (χ1v) is 10.4. The van der Waals surface area contributed by atoms with Gasteiger partial charge in [0.2, 0.25) is 0 Å². The van der Waals surface area contributed by atoms with Crippen LogP contribution in [0.25, 0.3) is 6.08 Å². The van der Waals surface area contributed by atoms with Crippen molar-refractivity contribution in [2.75, 3.05) is 39.4 Å². The first kappa shape index (κ1) is 21.0. The highest BCUT2D eigenvalue weighted by atomic mass is 16.5. The van der Waals surface area contributed by atoms with Gasteiger partial charge in [-0.15, -0.1) is 0 Å². The number of ketones is 1. The number of carbonyl (C=O) groups excluding carboxylic acids is 2. The number of hydrogen-bond donors (Lipinski definition) is 1. The average molecular weight is 423 g/mol. The number of aliphatic hydroxyl groups excluding tert-OH is 1. The number of aliphatic hydroxyl groups is 1. The summed E-state index contributed by atoms with van der Waals surface area (Å²) in [5.41, 5.74) is 0.582. The SMILES string of the molecule is O=C(/C=C/c1ccco1)C1=C(O)C(=O)N(CCCN2CCOCC2)[C@H]1c1ccccn1. The van der Waals surface area contributed by atoms with E-state index in [1.165, 1.54) is 23.3 Å². The van der Waals surface area contributed by atoms with Crippen LogP contribution in [0.15, 0.2) is 64.6 Å². The lowest BCUT2D eigenvalue weighted by Crippen LogP contribution is -2.39. The van der Waals surface area contributed by atoms with Crippen molar-refractivity contribution in [2.24, 2.45) is 0 Å². The molecule has 0 saturated carbocycles. The van der Waals surface area contributed by atoms with Crippen LogP contribution in [0.1, 0.15) is 23.9 Å². The second kappa shape index (κ2) is 9.72. The molecule has 1 fully saturated rings. The molecule has 31 heavy (non-hydrogen) atoms. The molecule has 0 bridgehead atoms. The molecule has 8 nitrogen and oxygen atoms in total. The van der Waals surface area contributed by atoms with E-state index in [1.807, 2.05) is 0 Å². The molecule has 2 aromatic rings. The Morgan fingerprint density at radius 3 is 2.74 bits per heavy atom. The zero-order chi connectivity index (χ0) is 21.6. The lowest BCUT2D eigenvalue weighted by atomic mass is 9.99. The number of nitrogens with zero attached hydrogens (tertiary/aromatic N) is 3. The van der Waals surface area contributed by atoms with E-state index >= 15 is 0 Å². The van der Waals surface area contributed by atoms with Crippen LogP contribution in [0.3, 0.4) is 0 Å². The summed E-state index contributed by atoms with van der Waals surface area (Å²) in [6, 6.07) is 8.03. The Bertz CT molecular complexity index is 962. The predicted octanol–water partition coefficient (Wildman–Crippen LogP) is 2.37. The third kappa shape index (κ3) is 4.76. The second-order valence-electron chi connectivity index (χ2n) is 7.44. The molecule has 0 aliphatic carbocycles. The zero-order valence-corrected chi connectivity index (χ0v) is 17.1. The summed E-state index contributed by atoms with van der Waals surface area (Å²) < 4.78 is 10.6. The summed E-state index contributed by atoms with van der Waals surface area (Å²) in [6.07, 6.45) is 6.66. The number of furan rings is 1. The number of ether oxygens (including phenoxy) is 1. The highest BCUT2D eigenvalue weighted by Crippen LogP contribution is 2.37. The maximum Gasteiger partial charge on any atom is 0.290 e. The van der Waals surface area contributed by atoms with Gasteiger partial charge in [-0.25, -0.2) is 0 Å². The Labute approximate surface area is 180 Å². The van der Waals surface area contributed by atoms with E-state index in [0.717, 1.165) is 19.6 Å². The molecule has 2 aliphatic heterocycles. The summed E-state index contributed by atoms with van der Waals surface area (Å²) in [5, 5.41) is 10.6. The van der Waals surface area contributed by atoms with Gasteiger partial charge in [-0.1, -0.05) is 6.07 Å². The molecule has 1 atom stereocenters. The van der Waals surface area contributed by atoms with Crippen LogP contribution in [0.5, 0.6) is 0 Å². The van der Waals surface area contributed by atoms with Crippen LogP contribution in [0.4, 0.5) is 0 Å². The van der Waals surface area contributed by atoms with Crippen LogP contribution in [0, 0.1) is 0 Å². The van der Waals surface area contributed by atoms with Crippen molar-refractivity contribution in [1.82, 2.24) is 14.8 Å². The molecule has 4 rings (SSSR count). The van der Waals surface area contributed by atoms with E-state index in [0.29, 0.717) is 37.6 Å². The van der Waals surface area contributed by atoms with Gasteiger partial charge in [0.05, 0.1) is 30.7 Å². The molecule has 0 spiro atoms. The standard InChI is InChI=1S/C23H25N3O5/c27-19(8-7-17-5-3-14-31-17)20-21(18-6-1-2-9-24-18)26(23(29)22(20)28)11-4-10-25-12-15-30-16-13-25/h1-3,5-9,14,21,28H,4,10-13,15-16H2/b8-7+/t21-/m0/s1. The fourth-order valence-electron chi connectivity index (χ4n) is 3.90. The average Bonchev–Trinajstić information content (AvgIpc) is 3.41. The summed E-state index contributed by atoms with van der Waals surface area (Å²) in [6.45, 7) is 4.36. The van der Waals surface area contributed by atoms with Crippen molar-refractivity contribution in [3.05, 3.63) is 71.7 Å². The zero-order valence-electron chi connectivity index (χ0n) is 17.1. The van der Waals surface area contributed by atoms with E-state index in [1.54, 1.807) is 36.5 Å². The van der Waals surface area contributed by atoms with Crippen LogP contribution < -0.4 is 0 Å². The fraction of sp³-hybridized carbons (Fsp3) is 0.348. The minimum atomic E-state index is -0.729. The van der Waals surface area contributed by atoms with Gasteiger partial charge in [0, 0.05) is 32.4 Å². The number of pyridine rings is 1. The minimum Gasteiger partial charge on any atom is -0.503 e. The number of hydrogen-bond acceptors (Lipinski definition) is 7. The van der Waals surface area contributed by atoms with Crippen LogP contribution >= 0.6 is 0 Å². The summed E-state index contributed by atoms with van der Waals surface area (Å²) in [4.78, 5) is 34.0. The monoisotopic (exact) mass is 423 g/mol. The predicted molar refractivity (Wildman–Crippen MR) is 113 cm³/mol. The summed E-state index contributed by atoms with van der Waals surface area (Å²) >= 11 is 0. The van der Waals surface area contributed by atoms with Crippen molar-refractivity contribution >= 4 is 17.8 Å². The van der Waals surface area contributed by atoms with Gasteiger partial charge in [-0.3, -0.25) is 19.5 Å². The van der Waals surface area contributed by atoms with Gasteiger partial charge in [-0.05, 0) is 42.8 Å². The Morgan fingerprint density at radius 1 is 1.19 bits per heavy atom. The first-order valence-electron chi connectivity index (χ1n) is 10.4. The summed E-state index contributed by atoms with van der Waals surface area (Å²) in [7, 11) is 0. The van der Waals surface area contributed by atoms with Gasteiger partial charge in [0.1, 0.15) is 11.8 Å². The third-order valence-corrected chi connectivity index (χ3v) is 5.46. The van der Waals surface area contributed by atoms with Gasteiger partial charge in [0.15, 0.2) is 11.5 Å². The number of rotatable bonds is 8. The number of carbonyl (C=O) groups is 2. The molecule has 2 aliphatic rings. The Kier molecular flexibility index (Phi) is 6.59. The van der Waals surface area contributed by atoms with E-state index < -0.39 is 23.5 Å². The molecule has 162 valence electrons. The first-order chi connectivity index (χ1) is 15.1. The van der Waals surface area contributed by atoms with Crippen molar-refractivity contribution in [1.29, 1.82) is 0 Å². The lowest BCUT2D eigenvalue weighted by molar-refractivity contribution is -0.129. The lowest BCUT2D eigenvalue weighted by Gasteiger charge is -2.29. The molecule has 1 N–H and O–H groups in total. The molecular formula is C23H25N3O5. The molecule has 0 aromatic carbocycles. The Balaban J connectivity index is 1.54. The smallest absolute Gasteiger partial charge is 0.290 e. The number of allylic oxidation sites excluding steroid dienone is 1. The third-order valence-electron chi connectivity index (χ3n) is 5.46. The molecule has 8 heteroatoms. The van der Waals surface area contributed by atoms with E-state index in [-0.39, 0.29) is 5.57 Å². The van der Waals surface area contributed by atoms with Gasteiger partial charge in [-0.2, -0.15) is 0 Å². The maximum atomic E-state index is 13.0. The highest BCUT2D eigenvalue weighted by molar-refractivity contribution is 6.14.